The zero-order valence-corrected chi connectivity index (χ0v) is 23.9. The summed E-state index contributed by atoms with van der Waals surface area (Å²) >= 11 is 1.76. The van der Waals surface area contributed by atoms with E-state index in [0.29, 0.717) is 40.9 Å². The number of carbonyl (C=O) groups is 2. The van der Waals surface area contributed by atoms with Gasteiger partial charge in [0.2, 0.25) is 0 Å². The average Bonchev–Trinajstić information content (AvgIpc) is 3.69. The number of thioether (sulfide) groups is 1. The number of hydrogen-bond donors (Lipinski definition) is 0. The van der Waals surface area contributed by atoms with Gasteiger partial charge in [-0.15, -0.1) is 11.8 Å². The van der Waals surface area contributed by atoms with E-state index in [1.165, 1.54) is 12.1 Å². The Morgan fingerprint density at radius 2 is 1.78 bits per heavy atom. The summed E-state index contributed by atoms with van der Waals surface area (Å²) in [6.07, 6.45) is 7.25. The number of ketones is 1. The lowest BCUT2D eigenvalue weighted by Gasteiger charge is -2.20. The molecule has 5 aromatic rings. The van der Waals surface area contributed by atoms with E-state index in [2.05, 4.69) is 9.55 Å². The number of rotatable bonds is 7. The minimum atomic E-state index is -0.312. The van der Waals surface area contributed by atoms with Gasteiger partial charge in [-0.25, -0.2) is 9.18 Å². The van der Waals surface area contributed by atoms with Gasteiger partial charge < -0.3 is 14.4 Å². The molecule has 1 amide bonds. The Kier molecular flexibility index (Phi) is 7.23. The number of carbonyl (C=O) groups excluding carboxylic acids is 2. The highest BCUT2D eigenvalue weighted by molar-refractivity contribution is 7.99. The molecule has 3 aromatic heterocycles. The number of fused-ring (bicyclic) bond motifs is 2. The average molecular weight is 568 g/mol. The topological polar surface area (TPSA) is 63.4 Å². The van der Waals surface area contributed by atoms with Crippen molar-refractivity contribution in [2.24, 2.45) is 0 Å². The molecule has 0 N–H and O–H groups in total. The van der Waals surface area contributed by atoms with Crippen molar-refractivity contribution in [3.8, 4) is 11.1 Å². The van der Waals surface area contributed by atoms with Crippen molar-refractivity contribution in [1.82, 2.24) is 23.9 Å². The van der Waals surface area contributed by atoms with Crippen LogP contribution in [0.15, 0.2) is 85.5 Å². The molecule has 0 aliphatic carbocycles. The van der Waals surface area contributed by atoms with E-state index in [1.807, 2.05) is 67.8 Å². The number of aromatic nitrogens is 3. The second-order valence-electron chi connectivity index (χ2n) is 10.5. The standard InChI is InChI=1S/C32H30FN5O2S/c1-35(2)15-16-36(3)32(40)38-19-27(25-11-8-22(17-28(25)38)21-6-9-24(33)10-7-21)30(39)26-12-14-37-29(26)20-41-31(37)23-5-4-13-34-18-23/h4-14,17-19,31H,15-16,20H2,1-3H3. The maximum Gasteiger partial charge on any atom is 0.328 e. The van der Waals surface area contributed by atoms with Crippen LogP contribution in [0, 0.1) is 5.82 Å². The lowest BCUT2D eigenvalue weighted by Crippen LogP contribution is -2.36. The normalized spacial score (nSPS) is 14.5. The fourth-order valence-electron chi connectivity index (χ4n) is 5.24. The fourth-order valence-corrected chi connectivity index (χ4v) is 6.55. The Labute approximate surface area is 242 Å². The van der Waals surface area contributed by atoms with Gasteiger partial charge >= 0.3 is 6.03 Å². The van der Waals surface area contributed by atoms with Gasteiger partial charge in [-0.1, -0.05) is 30.3 Å². The first kappa shape index (κ1) is 27.0. The number of pyridine rings is 1. The molecular formula is C32H30FN5O2S. The molecule has 41 heavy (non-hydrogen) atoms. The second-order valence-corrected chi connectivity index (χ2v) is 11.6. The van der Waals surface area contributed by atoms with Crippen molar-refractivity contribution in [3.05, 3.63) is 114 Å². The molecular weight excluding hydrogens is 537 g/mol. The maximum atomic E-state index is 14.1. The molecule has 1 unspecified atom stereocenters. The van der Waals surface area contributed by atoms with Crippen molar-refractivity contribution in [2.45, 2.75) is 11.1 Å². The van der Waals surface area contributed by atoms with Gasteiger partial charge in [-0.3, -0.25) is 14.3 Å². The van der Waals surface area contributed by atoms with Crippen LogP contribution in [-0.4, -0.2) is 70.0 Å². The number of hydrogen-bond acceptors (Lipinski definition) is 5. The fraction of sp³-hybridized carbons (Fsp3) is 0.219. The third-order valence-corrected chi connectivity index (χ3v) is 8.77. The largest absolute Gasteiger partial charge is 0.333 e. The lowest BCUT2D eigenvalue weighted by molar-refractivity contribution is 0.103. The van der Waals surface area contributed by atoms with E-state index >= 15 is 0 Å². The van der Waals surface area contributed by atoms with Crippen LogP contribution in [0.1, 0.15) is 32.6 Å². The van der Waals surface area contributed by atoms with Crippen LogP contribution in [-0.2, 0) is 5.75 Å². The highest BCUT2D eigenvalue weighted by Crippen LogP contribution is 2.42. The number of halogens is 1. The van der Waals surface area contributed by atoms with Crippen molar-refractivity contribution in [3.63, 3.8) is 0 Å². The van der Waals surface area contributed by atoms with Gasteiger partial charge in [0.1, 0.15) is 11.2 Å². The first-order valence-corrected chi connectivity index (χ1v) is 14.4. The first-order valence-electron chi connectivity index (χ1n) is 13.4. The van der Waals surface area contributed by atoms with Crippen LogP contribution in [0.4, 0.5) is 9.18 Å². The highest BCUT2D eigenvalue weighted by atomic mass is 32.2. The van der Waals surface area contributed by atoms with Crippen LogP contribution in [0.3, 0.4) is 0 Å². The second kappa shape index (κ2) is 11.0. The zero-order valence-electron chi connectivity index (χ0n) is 23.1. The molecule has 0 fully saturated rings. The Hall–Kier alpha value is -4.21. The van der Waals surface area contributed by atoms with Gasteiger partial charge in [0.25, 0.3) is 0 Å². The smallest absolute Gasteiger partial charge is 0.328 e. The molecule has 6 rings (SSSR count). The van der Waals surface area contributed by atoms with E-state index in [9.17, 15) is 14.0 Å². The molecule has 208 valence electrons. The molecule has 0 bridgehead atoms. The predicted molar refractivity (Wildman–Crippen MR) is 161 cm³/mol. The molecule has 1 aliphatic heterocycles. The summed E-state index contributed by atoms with van der Waals surface area (Å²) in [5.74, 6) is 0.272. The Morgan fingerprint density at radius 3 is 2.51 bits per heavy atom. The SMILES string of the molecule is CN(C)CCN(C)C(=O)n1cc(C(=O)c2ccn3c2CSC3c2cccnc2)c2ccc(-c3ccc(F)cc3)cc21. The number of likely N-dealkylation sites (N-methyl/N-ethyl adjacent to an activating group) is 2. The summed E-state index contributed by atoms with van der Waals surface area (Å²) in [6, 6.07) is 17.6. The van der Waals surface area contributed by atoms with Gasteiger partial charge in [0.15, 0.2) is 5.78 Å². The summed E-state index contributed by atoms with van der Waals surface area (Å²) < 4.78 is 17.3. The molecule has 1 aliphatic rings. The monoisotopic (exact) mass is 567 g/mol. The van der Waals surface area contributed by atoms with Crippen LogP contribution in [0.5, 0.6) is 0 Å². The summed E-state index contributed by atoms with van der Waals surface area (Å²) in [5, 5.41) is 0.761. The third kappa shape index (κ3) is 5.07. The molecule has 0 radical (unpaired) electrons. The summed E-state index contributed by atoms with van der Waals surface area (Å²) in [6.45, 7) is 1.24. The van der Waals surface area contributed by atoms with Gasteiger partial charge in [-0.05, 0) is 55.6 Å². The minimum Gasteiger partial charge on any atom is -0.333 e. The van der Waals surface area contributed by atoms with Crippen LogP contribution in [0.25, 0.3) is 22.0 Å². The Morgan fingerprint density at radius 1 is 1.00 bits per heavy atom. The molecule has 2 aromatic carbocycles. The number of amides is 1. The zero-order chi connectivity index (χ0) is 28.7. The van der Waals surface area contributed by atoms with Crippen molar-refractivity contribution in [2.75, 3.05) is 34.2 Å². The summed E-state index contributed by atoms with van der Waals surface area (Å²) in [5.41, 5.74) is 5.46. The van der Waals surface area contributed by atoms with Crippen LogP contribution in [0.2, 0.25) is 0 Å². The maximum absolute atomic E-state index is 14.1. The molecule has 9 heteroatoms. The molecule has 4 heterocycles. The predicted octanol–water partition coefficient (Wildman–Crippen LogP) is 6.13. The quantitative estimate of drug-likeness (QED) is 0.222. The number of benzene rings is 2. The van der Waals surface area contributed by atoms with E-state index < -0.39 is 0 Å². The van der Waals surface area contributed by atoms with E-state index in [0.717, 1.165) is 22.4 Å². The third-order valence-electron chi connectivity index (χ3n) is 7.51. The minimum absolute atomic E-state index is 0.0618. The molecule has 1 atom stereocenters. The van der Waals surface area contributed by atoms with Crippen molar-refractivity contribution >= 4 is 34.5 Å². The van der Waals surface area contributed by atoms with Crippen molar-refractivity contribution in [1.29, 1.82) is 0 Å². The van der Waals surface area contributed by atoms with Gasteiger partial charge in [0.05, 0.1) is 5.52 Å². The highest BCUT2D eigenvalue weighted by Gasteiger charge is 2.30. The van der Waals surface area contributed by atoms with E-state index in [-0.39, 0.29) is 23.0 Å². The van der Waals surface area contributed by atoms with Crippen molar-refractivity contribution < 1.29 is 14.0 Å². The lowest BCUT2D eigenvalue weighted by atomic mass is 10.00. The molecule has 7 nitrogen and oxygen atoms in total. The molecule has 0 saturated heterocycles. The Balaban J connectivity index is 1.42. The number of nitrogens with zero attached hydrogens (tertiary/aromatic N) is 5. The molecule has 0 saturated carbocycles. The Bertz CT molecular complexity index is 1740. The van der Waals surface area contributed by atoms with E-state index in [1.54, 1.807) is 52.8 Å². The summed E-state index contributed by atoms with van der Waals surface area (Å²) in [4.78, 5) is 35.7. The van der Waals surface area contributed by atoms with Crippen LogP contribution < -0.4 is 0 Å². The first-order chi connectivity index (χ1) is 19.8. The summed E-state index contributed by atoms with van der Waals surface area (Å²) in [7, 11) is 5.69. The van der Waals surface area contributed by atoms with Gasteiger partial charge in [0, 0.05) is 78.4 Å². The van der Waals surface area contributed by atoms with Crippen LogP contribution >= 0.6 is 11.8 Å². The van der Waals surface area contributed by atoms with Gasteiger partial charge in [-0.2, -0.15) is 0 Å². The van der Waals surface area contributed by atoms with E-state index in [4.69, 9.17) is 0 Å². The molecule has 0 spiro atoms.